The van der Waals surface area contributed by atoms with Gasteiger partial charge in [0.15, 0.2) is 0 Å². The molecule has 1 aliphatic carbocycles. The molecule has 1 aromatic rings. The molecule has 2 heterocycles. The van der Waals surface area contributed by atoms with Gasteiger partial charge in [-0.05, 0) is 19.8 Å². The summed E-state index contributed by atoms with van der Waals surface area (Å²) in [6.07, 6.45) is 2.59. The zero-order chi connectivity index (χ0) is 17.3. The number of rotatable bonds is 4. The van der Waals surface area contributed by atoms with Crippen molar-refractivity contribution in [2.24, 2.45) is 5.41 Å². The standard InChI is InChI=1S/C16H23N3O5/c1-10-17-9-11(14(22)18-10)15(23)19-4-2-16(3-5-19)12(21)8-13(16)24-7-6-20/h9,12-13,20-21H,2-8H2,1H3,(H,17,18,22)/t12-,13+/m1/s1. The number of nitrogens with zero attached hydrogens (tertiary/aromatic N) is 2. The Morgan fingerprint density at radius 1 is 1.50 bits per heavy atom. The van der Waals surface area contributed by atoms with Crippen LogP contribution in [-0.4, -0.2) is 69.5 Å². The van der Waals surface area contributed by atoms with E-state index in [2.05, 4.69) is 9.97 Å². The van der Waals surface area contributed by atoms with Crippen LogP contribution in [0.2, 0.25) is 0 Å². The monoisotopic (exact) mass is 337 g/mol. The second-order valence-electron chi connectivity index (χ2n) is 6.57. The number of aromatic nitrogens is 2. The zero-order valence-electron chi connectivity index (χ0n) is 13.7. The lowest BCUT2D eigenvalue weighted by molar-refractivity contribution is -0.211. The van der Waals surface area contributed by atoms with Crippen LogP contribution in [0.3, 0.4) is 0 Å². The molecule has 8 nitrogen and oxygen atoms in total. The Morgan fingerprint density at radius 3 is 2.79 bits per heavy atom. The molecule has 1 aliphatic heterocycles. The lowest BCUT2D eigenvalue weighted by atomic mass is 9.58. The molecule has 2 fully saturated rings. The number of piperidine rings is 1. The number of likely N-dealkylation sites (tertiary alicyclic amines) is 1. The number of aromatic amines is 1. The molecular weight excluding hydrogens is 314 g/mol. The highest BCUT2D eigenvalue weighted by molar-refractivity contribution is 5.93. The van der Waals surface area contributed by atoms with E-state index in [1.807, 2.05) is 0 Å². The molecule has 24 heavy (non-hydrogen) atoms. The predicted molar refractivity (Wildman–Crippen MR) is 84.6 cm³/mol. The summed E-state index contributed by atoms with van der Waals surface area (Å²) in [6, 6.07) is 0. The third-order valence-electron chi connectivity index (χ3n) is 5.29. The molecule has 2 aliphatic rings. The molecule has 132 valence electrons. The minimum absolute atomic E-state index is 0.0405. The molecule has 0 unspecified atom stereocenters. The number of aliphatic hydroxyl groups is 2. The molecule has 3 rings (SSSR count). The van der Waals surface area contributed by atoms with E-state index in [9.17, 15) is 14.7 Å². The van der Waals surface area contributed by atoms with Gasteiger partial charge in [0.2, 0.25) is 0 Å². The van der Waals surface area contributed by atoms with Crippen molar-refractivity contribution in [1.82, 2.24) is 14.9 Å². The van der Waals surface area contributed by atoms with Crippen LogP contribution in [0, 0.1) is 12.3 Å². The summed E-state index contributed by atoms with van der Waals surface area (Å²) in [5.41, 5.74) is -0.733. The van der Waals surface area contributed by atoms with Crippen LogP contribution < -0.4 is 5.56 Å². The maximum absolute atomic E-state index is 12.5. The van der Waals surface area contributed by atoms with E-state index in [1.165, 1.54) is 6.20 Å². The van der Waals surface area contributed by atoms with Gasteiger partial charge in [0.05, 0.1) is 25.4 Å². The number of hydrogen-bond acceptors (Lipinski definition) is 6. The first-order valence-electron chi connectivity index (χ1n) is 8.23. The van der Waals surface area contributed by atoms with Crippen molar-refractivity contribution in [3.8, 4) is 0 Å². The number of amides is 1. The van der Waals surface area contributed by atoms with Crippen molar-refractivity contribution in [3.05, 3.63) is 27.9 Å². The fraction of sp³-hybridized carbons (Fsp3) is 0.688. The molecule has 1 spiro atoms. The number of ether oxygens (including phenoxy) is 1. The lowest BCUT2D eigenvalue weighted by Gasteiger charge is -2.56. The van der Waals surface area contributed by atoms with Crippen LogP contribution >= 0.6 is 0 Å². The van der Waals surface area contributed by atoms with Crippen molar-refractivity contribution >= 4 is 5.91 Å². The summed E-state index contributed by atoms with van der Waals surface area (Å²) in [5.74, 6) is 0.135. The second-order valence-corrected chi connectivity index (χ2v) is 6.57. The highest BCUT2D eigenvalue weighted by atomic mass is 16.5. The van der Waals surface area contributed by atoms with E-state index >= 15 is 0 Å². The molecular formula is C16H23N3O5. The van der Waals surface area contributed by atoms with Gasteiger partial charge < -0.3 is 24.8 Å². The van der Waals surface area contributed by atoms with E-state index in [-0.39, 0.29) is 36.2 Å². The summed E-state index contributed by atoms with van der Waals surface area (Å²) in [6.45, 7) is 2.79. The third kappa shape index (κ3) is 2.85. The van der Waals surface area contributed by atoms with Gasteiger partial charge in [0, 0.05) is 31.1 Å². The summed E-state index contributed by atoms with van der Waals surface area (Å²) in [5, 5.41) is 19.1. The van der Waals surface area contributed by atoms with Gasteiger partial charge in [-0.15, -0.1) is 0 Å². The fourth-order valence-electron chi connectivity index (χ4n) is 3.74. The lowest BCUT2D eigenvalue weighted by Crippen LogP contribution is -2.63. The Kier molecular flexibility index (Phi) is 4.71. The summed E-state index contributed by atoms with van der Waals surface area (Å²) in [7, 11) is 0. The first-order chi connectivity index (χ1) is 11.5. The third-order valence-corrected chi connectivity index (χ3v) is 5.29. The topological polar surface area (TPSA) is 116 Å². The molecule has 0 bridgehead atoms. The Bertz CT molecular complexity index is 666. The number of aryl methyl sites for hydroxylation is 1. The number of nitrogens with one attached hydrogen (secondary N) is 1. The molecule has 2 atom stereocenters. The SMILES string of the molecule is Cc1ncc(C(=O)N2CCC3(CC2)[C@H](O)C[C@@H]3OCCO)c(=O)[nH]1. The van der Waals surface area contributed by atoms with Gasteiger partial charge in [-0.3, -0.25) is 9.59 Å². The quantitative estimate of drug-likeness (QED) is 0.678. The average Bonchev–Trinajstić information content (AvgIpc) is 2.58. The van der Waals surface area contributed by atoms with E-state index in [0.717, 1.165) is 0 Å². The van der Waals surface area contributed by atoms with Crippen molar-refractivity contribution in [1.29, 1.82) is 0 Å². The molecule has 3 N–H and O–H groups in total. The van der Waals surface area contributed by atoms with Gasteiger partial charge >= 0.3 is 0 Å². The number of carbonyl (C=O) groups is 1. The van der Waals surface area contributed by atoms with Crippen molar-refractivity contribution in [2.45, 2.75) is 38.4 Å². The fourth-order valence-corrected chi connectivity index (χ4v) is 3.74. The molecule has 8 heteroatoms. The predicted octanol–water partition coefficient (Wildman–Crippen LogP) is -0.557. The average molecular weight is 337 g/mol. The largest absolute Gasteiger partial charge is 0.394 e. The van der Waals surface area contributed by atoms with Gasteiger partial charge in [0.1, 0.15) is 11.4 Å². The minimum Gasteiger partial charge on any atom is -0.394 e. The zero-order valence-corrected chi connectivity index (χ0v) is 13.7. The Labute approximate surface area is 139 Å². The maximum Gasteiger partial charge on any atom is 0.263 e. The molecule has 0 aromatic carbocycles. The Balaban J connectivity index is 1.66. The summed E-state index contributed by atoms with van der Waals surface area (Å²) >= 11 is 0. The molecule has 1 aromatic heterocycles. The van der Waals surface area contributed by atoms with Gasteiger partial charge in [-0.1, -0.05) is 0 Å². The van der Waals surface area contributed by atoms with Crippen molar-refractivity contribution in [2.75, 3.05) is 26.3 Å². The Morgan fingerprint density at radius 2 is 2.21 bits per heavy atom. The number of aliphatic hydroxyl groups excluding tert-OH is 2. The van der Waals surface area contributed by atoms with Crippen LogP contribution in [0.1, 0.15) is 35.4 Å². The van der Waals surface area contributed by atoms with E-state index in [4.69, 9.17) is 9.84 Å². The summed E-state index contributed by atoms with van der Waals surface area (Å²) < 4.78 is 5.63. The molecule has 0 radical (unpaired) electrons. The van der Waals surface area contributed by atoms with E-state index < -0.39 is 11.7 Å². The van der Waals surface area contributed by atoms with Crippen LogP contribution in [0.4, 0.5) is 0 Å². The van der Waals surface area contributed by atoms with Crippen LogP contribution in [0.5, 0.6) is 0 Å². The first-order valence-corrected chi connectivity index (χ1v) is 8.23. The van der Waals surface area contributed by atoms with Crippen LogP contribution in [-0.2, 0) is 4.74 Å². The van der Waals surface area contributed by atoms with Crippen molar-refractivity contribution < 1.29 is 19.7 Å². The van der Waals surface area contributed by atoms with E-state index in [0.29, 0.717) is 38.2 Å². The number of hydrogen-bond donors (Lipinski definition) is 3. The highest BCUT2D eigenvalue weighted by Gasteiger charge is 2.56. The summed E-state index contributed by atoms with van der Waals surface area (Å²) in [4.78, 5) is 32.6. The van der Waals surface area contributed by atoms with Crippen LogP contribution in [0.25, 0.3) is 0 Å². The van der Waals surface area contributed by atoms with E-state index in [1.54, 1.807) is 11.8 Å². The first kappa shape index (κ1) is 17.1. The van der Waals surface area contributed by atoms with Crippen molar-refractivity contribution in [3.63, 3.8) is 0 Å². The molecule has 1 saturated heterocycles. The minimum atomic E-state index is -0.442. The highest BCUT2D eigenvalue weighted by Crippen LogP contribution is 2.50. The Hall–Kier alpha value is -1.77. The normalized spacial score (nSPS) is 25.5. The van der Waals surface area contributed by atoms with Gasteiger partial charge in [0.25, 0.3) is 11.5 Å². The number of carbonyl (C=O) groups excluding carboxylic acids is 1. The smallest absolute Gasteiger partial charge is 0.263 e. The van der Waals surface area contributed by atoms with Crippen LogP contribution in [0.15, 0.2) is 11.0 Å². The maximum atomic E-state index is 12.5. The van der Waals surface area contributed by atoms with Gasteiger partial charge in [-0.25, -0.2) is 4.98 Å². The molecule has 1 saturated carbocycles. The van der Waals surface area contributed by atoms with Gasteiger partial charge in [-0.2, -0.15) is 0 Å². The number of H-pyrrole nitrogens is 1. The second kappa shape index (κ2) is 6.62. The molecule has 1 amide bonds.